The van der Waals surface area contributed by atoms with Gasteiger partial charge in [0.15, 0.2) is 0 Å². The minimum Gasteiger partial charge on any atom is -0.378 e. The number of aromatic nitrogens is 1. The van der Waals surface area contributed by atoms with Crippen molar-refractivity contribution in [2.24, 2.45) is 10.2 Å². The predicted molar refractivity (Wildman–Crippen MR) is 97.9 cm³/mol. The van der Waals surface area contributed by atoms with Crippen LogP contribution in [0.1, 0.15) is 18.6 Å². The molecule has 2 atom stereocenters. The fourth-order valence-corrected chi connectivity index (χ4v) is 3.44. The Balaban J connectivity index is 1.55. The third kappa shape index (κ3) is 3.02. The van der Waals surface area contributed by atoms with Crippen molar-refractivity contribution < 1.29 is 4.74 Å². The van der Waals surface area contributed by atoms with Gasteiger partial charge in [-0.2, -0.15) is 0 Å². The molecule has 2 heterocycles. The lowest BCUT2D eigenvalue weighted by Gasteiger charge is -2.11. The first kappa shape index (κ1) is 15.2. The number of hydrogen-bond acceptors (Lipinski definition) is 6. The molecule has 6 heteroatoms. The third-order valence-corrected chi connectivity index (χ3v) is 4.96. The summed E-state index contributed by atoms with van der Waals surface area (Å²) in [5, 5.41) is 9.23. The van der Waals surface area contributed by atoms with Gasteiger partial charge in [0, 0.05) is 19.8 Å². The summed E-state index contributed by atoms with van der Waals surface area (Å²) >= 11 is 1.55. The molecular weight excluding hydrogens is 320 g/mol. The molecule has 1 aliphatic rings. The molecule has 1 saturated heterocycles. The normalized spacial score (nSPS) is 20.0. The van der Waals surface area contributed by atoms with Crippen LogP contribution in [-0.2, 0) is 4.74 Å². The summed E-state index contributed by atoms with van der Waals surface area (Å²) in [7, 11) is 4.03. The first-order chi connectivity index (χ1) is 11.6. The van der Waals surface area contributed by atoms with Crippen LogP contribution in [-0.4, -0.2) is 25.2 Å². The fourth-order valence-electron chi connectivity index (χ4n) is 2.60. The molecule has 24 heavy (non-hydrogen) atoms. The van der Waals surface area contributed by atoms with Gasteiger partial charge in [0.2, 0.25) is 5.13 Å². The number of benzene rings is 2. The summed E-state index contributed by atoms with van der Waals surface area (Å²) in [4.78, 5) is 6.57. The Labute approximate surface area is 144 Å². The van der Waals surface area contributed by atoms with E-state index in [1.165, 1.54) is 5.56 Å². The molecule has 1 aromatic heterocycles. The van der Waals surface area contributed by atoms with Crippen molar-refractivity contribution >= 4 is 38.1 Å². The number of hydrogen-bond donors (Lipinski definition) is 0. The van der Waals surface area contributed by atoms with Gasteiger partial charge in [0.1, 0.15) is 6.10 Å². The molecule has 1 aliphatic heterocycles. The number of azo groups is 1. The van der Waals surface area contributed by atoms with Crippen LogP contribution in [0, 0.1) is 0 Å². The lowest BCUT2D eigenvalue weighted by Crippen LogP contribution is -2.07. The Morgan fingerprint density at radius 1 is 1.08 bits per heavy atom. The molecule has 0 amide bonds. The number of epoxide rings is 1. The average Bonchev–Trinajstić information content (AvgIpc) is 3.17. The highest BCUT2D eigenvalue weighted by atomic mass is 32.1. The smallest absolute Gasteiger partial charge is 0.231 e. The summed E-state index contributed by atoms with van der Waals surface area (Å²) in [6.45, 7) is 2.09. The molecule has 0 N–H and O–H groups in total. The van der Waals surface area contributed by atoms with Crippen LogP contribution >= 0.6 is 11.3 Å². The van der Waals surface area contributed by atoms with E-state index >= 15 is 0 Å². The zero-order chi connectivity index (χ0) is 16.7. The van der Waals surface area contributed by atoms with Crippen LogP contribution in [0.25, 0.3) is 10.2 Å². The maximum absolute atomic E-state index is 5.53. The van der Waals surface area contributed by atoms with Gasteiger partial charge >= 0.3 is 0 Å². The number of fused-ring (bicyclic) bond motifs is 1. The quantitative estimate of drug-likeness (QED) is 0.483. The molecule has 2 unspecified atom stereocenters. The zero-order valence-corrected chi connectivity index (χ0v) is 14.6. The molecule has 2 aromatic carbocycles. The zero-order valence-electron chi connectivity index (χ0n) is 13.8. The SMILES string of the molecule is CC1OC1c1ccc2nc(/N=N/c3ccc(N(C)C)cc3)sc2c1. The molecule has 1 fully saturated rings. The molecule has 0 spiro atoms. The summed E-state index contributed by atoms with van der Waals surface area (Å²) in [5.41, 5.74) is 4.12. The Bertz CT molecular complexity index is 901. The van der Waals surface area contributed by atoms with E-state index in [1.54, 1.807) is 11.3 Å². The fraction of sp³-hybridized carbons (Fsp3) is 0.278. The standard InChI is InChI=1S/C18H18N4OS/c1-11-17(23-11)12-4-9-15-16(10-12)24-18(19-15)21-20-13-5-7-14(8-6-13)22(2)3/h4-11,17H,1-3H3/b21-20+. The number of rotatable bonds is 4. The molecule has 122 valence electrons. The van der Waals surface area contributed by atoms with E-state index in [1.807, 2.05) is 44.4 Å². The van der Waals surface area contributed by atoms with Crippen molar-refractivity contribution in [3.05, 3.63) is 48.0 Å². The Kier molecular flexibility index (Phi) is 3.78. The Morgan fingerprint density at radius 3 is 2.50 bits per heavy atom. The largest absolute Gasteiger partial charge is 0.378 e. The maximum atomic E-state index is 5.53. The molecule has 5 nitrogen and oxygen atoms in total. The van der Waals surface area contributed by atoms with Crippen LogP contribution in [0.5, 0.6) is 0 Å². The average molecular weight is 338 g/mol. The van der Waals surface area contributed by atoms with Crippen LogP contribution < -0.4 is 4.90 Å². The van der Waals surface area contributed by atoms with E-state index < -0.39 is 0 Å². The summed E-state index contributed by atoms with van der Waals surface area (Å²) in [6, 6.07) is 14.2. The molecule has 0 aliphatic carbocycles. The maximum Gasteiger partial charge on any atom is 0.231 e. The minimum atomic E-state index is 0.233. The Morgan fingerprint density at radius 2 is 1.83 bits per heavy atom. The van der Waals surface area contributed by atoms with Gasteiger partial charge in [0.25, 0.3) is 0 Å². The van der Waals surface area contributed by atoms with E-state index in [2.05, 4.69) is 39.2 Å². The van der Waals surface area contributed by atoms with E-state index in [0.717, 1.165) is 21.6 Å². The van der Waals surface area contributed by atoms with Crippen molar-refractivity contribution in [3.8, 4) is 0 Å². The van der Waals surface area contributed by atoms with Crippen molar-refractivity contribution in [2.45, 2.75) is 19.1 Å². The lowest BCUT2D eigenvalue weighted by molar-refractivity contribution is 0.383. The van der Waals surface area contributed by atoms with Gasteiger partial charge in [-0.15, -0.1) is 10.2 Å². The lowest BCUT2D eigenvalue weighted by atomic mass is 10.1. The monoisotopic (exact) mass is 338 g/mol. The molecule has 4 rings (SSSR count). The van der Waals surface area contributed by atoms with Crippen LogP contribution in [0.15, 0.2) is 52.7 Å². The number of nitrogens with zero attached hydrogens (tertiary/aromatic N) is 4. The molecule has 3 aromatic rings. The molecule has 0 radical (unpaired) electrons. The summed E-state index contributed by atoms with van der Waals surface area (Å²) in [6.07, 6.45) is 0.552. The van der Waals surface area contributed by atoms with Crippen LogP contribution in [0.4, 0.5) is 16.5 Å². The minimum absolute atomic E-state index is 0.233. The van der Waals surface area contributed by atoms with E-state index in [4.69, 9.17) is 4.74 Å². The number of anilines is 1. The second-order valence-corrected chi connectivity index (χ2v) is 7.11. The Hall–Kier alpha value is -2.31. The number of ether oxygens (including phenoxy) is 1. The highest BCUT2D eigenvalue weighted by Crippen LogP contribution is 2.40. The van der Waals surface area contributed by atoms with E-state index in [0.29, 0.717) is 11.2 Å². The first-order valence-corrected chi connectivity index (χ1v) is 8.67. The second kappa shape index (κ2) is 5.96. The predicted octanol–water partition coefficient (Wildman–Crippen LogP) is 5.24. The van der Waals surface area contributed by atoms with Crippen LogP contribution in [0.3, 0.4) is 0 Å². The number of thiazole rings is 1. The summed E-state index contributed by atoms with van der Waals surface area (Å²) in [5.74, 6) is 0. The van der Waals surface area contributed by atoms with Gasteiger partial charge < -0.3 is 9.64 Å². The topological polar surface area (TPSA) is 53.4 Å². The van der Waals surface area contributed by atoms with Crippen molar-refractivity contribution in [1.82, 2.24) is 4.98 Å². The van der Waals surface area contributed by atoms with Gasteiger partial charge in [0.05, 0.1) is 22.0 Å². The third-order valence-electron chi connectivity index (χ3n) is 4.06. The molecular formula is C18H18N4OS. The molecule has 0 bridgehead atoms. The van der Waals surface area contributed by atoms with Crippen LogP contribution in [0.2, 0.25) is 0 Å². The van der Waals surface area contributed by atoms with Gasteiger partial charge in [-0.05, 0) is 48.9 Å². The van der Waals surface area contributed by atoms with Gasteiger partial charge in [-0.3, -0.25) is 0 Å². The summed E-state index contributed by atoms with van der Waals surface area (Å²) < 4.78 is 6.65. The van der Waals surface area contributed by atoms with Crippen molar-refractivity contribution in [1.29, 1.82) is 0 Å². The van der Waals surface area contributed by atoms with Gasteiger partial charge in [-0.25, -0.2) is 4.98 Å². The highest BCUT2D eigenvalue weighted by molar-refractivity contribution is 7.21. The second-order valence-electron chi connectivity index (χ2n) is 6.10. The van der Waals surface area contributed by atoms with E-state index in [9.17, 15) is 0 Å². The van der Waals surface area contributed by atoms with E-state index in [-0.39, 0.29) is 6.10 Å². The van der Waals surface area contributed by atoms with Crippen molar-refractivity contribution in [2.75, 3.05) is 19.0 Å². The molecule has 0 saturated carbocycles. The van der Waals surface area contributed by atoms with Crippen molar-refractivity contribution in [3.63, 3.8) is 0 Å². The first-order valence-electron chi connectivity index (χ1n) is 7.85. The van der Waals surface area contributed by atoms with Gasteiger partial charge in [-0.1, -0.05) is 17.4 Å². The highest BCUT2D eigenvalue weighted by Gasteiger charge is 2.35.